The highest BCUT2D eigenvalue weighted by Crippen LogP contribution is 2.27. The number of carbonyl (C=O) groups is 1. The van der Waals surface area contributed by atoms with Gasteiger partial charge in [-0.3, -0.25) is 4.79 Å². The normalized spacial score (nSPS) is 11.5. The summed E-state index contributed by atoms with van der Waals surface area (Å²) in [5.41, 5.74) is 8.75. The maximum absolute atomic E-state index is 12.6. The molecule has 1 aromatic heterocycles. The van der Waals surface area contributed by atoms with Crippen LogP contribution in [0.3, 0.4) is 0 Å². The minimum Gasteiger partial charge on any atom is -0.489 e. The van der Waals surface area contributed by atoms with Gasteiger partial charge in [-0.2, -0.15) is 5.10 Å². The molecule has 1 amide bonds. The predicted octanol–water partition coefficient (Wildman–Crippen LogP) is 5.33. The van der Waals surface area contributed by atoms with Gasteiger partial charge in [-0.1, -0.05) is 60.7 Å². The van der Waals surface area contributed by atoms with Gasteiger partial charge in [-0.25, -0.2) is 5.43 Å². The Morgan fingerprint density at radius 3 is 2.34 bits per heavy atom. The van der Waals surface area contributed by atoms with Gasteiger partial charge in [0.05, 0.1) is 6.42 Å². The number of fused-ring (bicyclic) bond motifs is 1. The number of benzene rings is 3. The van der Waals surface area contributed by atoms with Gasteiger partial charge in [0.25, 0.3) is 0 Å². The van der Waals surface area contributed by atoms with Crippen molar-refractivity contribution in [2.75, 3.05) is 0 Å². The van der Waals surface area contributed by atoms with Crippen LogP contribution in [0.2, 0.25) is 0 Å². The topological polar surface area (TPSA) is 66.5 Å². The fourth-order valence-electron chi connectivity index (χ4n) is 3.71. The van der Waals surface area contributed by atoms with Crippen molar-refractivity contribution in [3.8, 4) is 5.75 Å². The van der Waals surface area contributed by atoms with Crippen molar-refractivity contribution in [2.24, 2.45) is 5.10 Å². The van der Waals surface area contributed by atoms with E-state index in [1.54, 1.807) is 0 Å². The van der Waals surface area contributed by atoms with Crippen molar-refractivity contribution in [2.45, 2.75) is 33.3 Å². The maximum atomic E-state index is 12.6. The van der Waals surface area contributed by atoms with Gasteiger partial charge in [-0.15, -0.1) is 0 Å². The molecule has 0 aliphatic carbocycles. The lowest BCUT2D eigenvalue weighted by Crippen LogP contribution is -2.21. The molecule has 0 saturated carbocycles. The molecule has 0 atom stereocenters. The first-order chi connectivity index (χ1) is 15.6. The number of carbonyl (C=O) groups excluding carboxylic acids is 1. The molecule has 4 aromatic rings. The van der Waals surface area contributed by atoms with E-state index in [4.69, 9.17) is 4.74 Å². The molecular formula is C27H27N3O2. The predicted molar refractivity (Wildman–Crippen MR) is 129 cm³/mol. The zero-order valence-corrected chi connectivity index (χ0v) is 18.4. The maximum Gasteiger partial charge on any atom is 0.244 e. The second kappa shape index (κ2) is 9.96. The minimum atomic E-state index is -0.142. The van der Waals surface area contributed by atoms with Crippen LogP contribution in [-0.4, -0.2) is 16.6 Å². The Balaban J connectivity index is 1.43. The van der Waals surface area contributed by atoms with Gasteiger partial charge in [0.1, 0.15) is 12.4 Å². The van der Waals surface area contributed by atoms with Crippen molar-refractivity contribution in [3.63, 3.8) is 0 Å². The van der Waals surface area contributed by atoms with E-state index in [1.807, 2.05) is 92.7 Å². The number of aromatic nitrogens is 1. The van der Waals surface area contributed by atoms with Crippen LogP contribution in [-0.2, 0) is 24.2 Å². The van der Waals surface area contributed by atoms with Crippen molar-refractivity contribution in [1.82, 2.24) is 10.4 Å². The largest absolute Gasteiger partial charge is 0.489 e. The zero-order valence-electron chi connectivity index (χ0n) is 18.4. The highest BCUT2D eigenvalue weighted by Gasteiger charge is 2.13. The number of hydrogen-bond donors (Lipinski definition) is 2. The average molecular weight is 426 g/mol. The quantitative estimate of drug-likeness (QED) is 0.296. The molecule has 0 saturated heterocycles. The lowest BCUT2D eigenvalue weighted by Gasteiger charge is -2.07. The summed E-state index contributed by atoms with van der Waals surface area (Å²) in [7, 11) is 0. The van der Waals surface area contributed by atoms with Crippen LogP contribution in [0.5, 0.6) is 5.75 Å². The molecular weight excluding hydrogens is 398 g/mol. The summed E-state index contributed by atoms with van der Waals surface area (Å²) < 4.78 is 5.97. The Morgan fingerprint density at radius 1 is 0.938 bits per heavy atom. The second-order valence-electron chi connectivity index (χ2n) is 7.93. The Bertz CT molecular complexity index is 1230. The molecule has 2 N–H and O–H groups in total. The standard InChI is InChI=1S/C27H27N3O2/c1-19(15-21-9-5-3-6-10-21)29-30-27(31)17-24-20(2)28-26-14-13-23(16-25(24)26)32-18-22-11-7-4-8-12-22/h3-14,16,28H,15,17-18H2,1-2H3,(H,30,31). The molecule has 1 heterocycles. The second-order valence-corrected chi connectivity index (χ2v) is 7.93. The van der Waals surface area contributed by atoms with Crippen LogP contribution in [0.25, 0.3) is 10.9 Å². The number of nitrogens with one attached hydrogen (secondary N) is 2. The fraction of sp³-hybridized carbons (Fsp3) is 0.185. The number of H-pyrrole nitrogens is 1. The van der Waals surface area contributed by atoms with Gasteiger partial charge < -0.3 is 9.72 Å². The number of aromatic amines is 1. The lowest BCUT2D eigenvalue weighted by molar-refractivity contribution is -0.120. The highest BCUT2D eigenvalue weighted by atomic mass is 16.5. The number of hydrogen-bond acceptors (Lipinski definition) is 3. The molecule has 5 heteroatoms. The Hall–Kier alpha value is -3.86. The van der Waals surface area contributed by atoms with E-state index in [0.717, 1.165) is 39.2 Å². The molecule has 0 fully saturated rings. The minimum absolute atomic E-state index is 0.142. The van der Waals surface area contributed by atoms with Crippen molar-refractivity contribution >= 4 is 22.5 Å². The molecule has 0 aliphatic heterocycles. The third-order valence-electron chi connectivity index (χ3n) is 5.35. The van der Waals surface area contributed by atoms with Gasteiger partial charge in [0, 0.05) is 28.7 Å². The zero-order chi connectivity index (χ0) is 22.3. The summed E-state index contributed by atoms with van der Waals surface area (Å²) in [6.07, 6.45) is 0.950. The summed E-state index contributed by atoms with van der Waals surface area (Å²) in [6.45, 7) is 4.40. The number of hydrazone groups is 1. The van der Waals surface area contributed by atoms with Gasteiger partial charge in [-0.05, 0) is 48.7 Å². The number of rotatable bonds is 8. The molecule has 32 heavy (non-hydrogen) atoms. The first-order valence-corrected chi connectivity index (χ1v) is 10.7. The first-order valence-electron chi connectivity index (χ1n) is 10.7. The monoisotopic (exact) mass is 425 g/mol. The SMILES string of the molecule is CC(Cc1ccccc1)=NNC(=O)Cc1c(C)[nH]c2ccc(OCc3ccccc3)cc12. The van der Waals surface area contributed by atoms with E-state index >= 15 is 0 Å². The molecule has 0 aliphatic rings. The van der Waals surface area contributed by atoms with E-state index in [1.165, 1.54) is 5.56 Å². The average Bonchev–Trinajstić information content (AvgIpc) is 3.12. The lowest BCUT2D eigenvalue weighted by atomic mass is 10.1. The molecule has 162 valence electrons. The van der Waals surface area contributed by atoms with E-state index in [9.17, 15) is 4.79 Å². The molecule has 0 radical (unpaired) electrons. The van der Waals surface area contributed by atoms with Crippen molar-refractivity contribution in [3.05, 3.63) is 101 Å². The molecule has 0 spiro atoms. The van der Waals surface area contributed by atoms with Crippen LogP contribution < -0.4 is 10.2 Å². The van der Waals surface area contributed by atoms with Gasteiger partial charge in [0.15, 0.2) is 0 Å². The van der Waals surface area contributed by atoms with E-state index in [0.29, 0.717) is 13.0 Å². The van der Waals surface area contributed by atoms with Gasteiger partial charge >= 0.3 is 0 Å². The van der Waals surface area contributed by atoms with Crippen LogP contribution in [0, 0.1) is 6.92 Å². The Kier molecular flexibility index (Phi) is 6.66. The highest BCUT2D eigenvalue weighted by molar-refractivity contribution is 5.92. The summed E-state index contributed by atoms with van der Waals surface area (Å²) in [5, 5.41) is 5.27. The van der Waals surface area contributed by atoms with Gasteiger partial charge in [0.2, 0.25) is 5.91 Å². The number of amides is 1. The summed E-state index contributed by atoms with van der Waals surface area (Å²) in [6, 6.07) is 26.1. The van der Waals surface area contributed by atoms with E-state index in [2.05, 4.69) is 15.5 Å². The summed E-state index contributed by atoms with van der Waals surface area (Å²) >= 11 is 0. The van der Waals surface area contributed by atoms with Crippen LogP contribution >= 0.6 is 0 Å². The number of ether oxygens (including phenoxy) is 1. The summed E-state index contributed by atoms with van der Waals surface area (Å²) in [5.74, 6) is 0.635. The molecule has 3 aromatic carbocycles. The Morgan fingerprint density at radius 2 is 1.62 bits per heavy atom. The number of aryl methyl sites for hydroxylation is 1. The third-order valence-corrected chi connectivity index (χ3v) is 5.35. The molecule has 0 bridgehead atoms. The van der Waals surface area contributed by atoms with E-state index < -0.39 is 0 Å². The van der Waals surface area contributed by atoms with Crippen molar-refractivity contribution < 1.29 is 9.53 Å². The molecule has 4 rings (SSSR count). The smallest absolute Gasteiger partial charge is 0.244 e. The van der Waals surface area contributed by atoms with E-state index in [-0.39, 0.29) is 12.3 Å². The molecule has 0 unspecified atom stereocenters. The fourth-order valence-corrected chi connectivity index (χ4v) is 3.71. The third kappa shape index (κ3) is 5.43. The van der Waals surface area contributed by atoms with Crippen LogP contribution in [0.15, 0.2) is 84.0 Å². The molecule has 5 nitrogen and oxygen atoms in total. The van der Waals surface area contributed by atoms with Crippen LogP contribution in [0.4, 0.5) is 0 Å². The Labute approximate surface area is 188 Å². The summed E-state index contributed by atoms with van der Waals surface area (Å²) in [4.78, 5) is 16.0. The van der Waals surface area contributed by atoms with Crippen molar-refractivity contribution in [1.29, 1.82) is 0 Å². The number of nitrogens with zero attached hydrogens (tertiary/aromatic N) is 1. The first kappa shape index (κ1) is 21.4. The van der Waals surface area contributed by atoms with Crippen LogP contribution in [0.1, 0.15) is 29.3 Å².